The van der Waals surface area contributed by atoms with Crippen molar-refractivity contribution in [3.05, 3.63) is 41.7 Å². The molecular weight excluding hydrogens is 757 g/mol. The van der Waals surface area contributed by atoms with Crippen LogP contribution >= 0.6 is 0 Å². The third-order valence-electron chi connectivity index (χ3n) is 20.1. The van der Waals surface area contributed by atoms with Crippen molar-refractivity contribution in [2.24, 2.45) is 101 Å². The van der Waals surface area contributed by atoms with Crippen molar-refractivity contribution >= 4 is 0 Å². The Labute approximate surface area is 393 Å². The minimum absolute atomic E-state index is 0.631. The Morgan fingerprint density at radius 2 is 1.46 bits per heavy atom. The van der Waals surface area contributed by atoms with Gasteiger partial charge in [0, 0.05) is 6.42 Å². The fourth-order valence-electron chi connectivity index (χ4n) is 16.1. The number of allylic oxidation sites excluding steroid dienone is 5. The predicted molar refractivity (Wildman–Crippen MR) is 274 cm³/mol. The first-order chi connectivity index (χ1) is 30.8. The molecule has 0 aromatic rings. The summed E-state index contributed by atoms with van der Waals surface area (Å²) in [5.74, 6) is 17.5. The van der Waals surface area contributed by atoms with E-state index < -0.39 is 0 Å². The second kappa shape index (κ2) is 25.6. The third-order valence-corrected chi connectivity index (χ3v) is 20.1. The van der Waals surface area contributed by atoms with Crippen LogP contribution in [0.15, 0.2) is 41.7 Å². The summed E-state index contributed by atoms with van der Waals surface area (Å²) in [6.45, 7) is 12.9. The molecule has 9 rings (SSSR count). The monoisotopic (exact) mass is 859 g/mol. The van der Waals surface area contributed by atoms with Crippen LogP contribution in [0.1, 0.15) is 240 Å². The van der Waals surface area contributed by atoms with Crippen molar-refractivity contribution in [1.82, 2.24) is 0 Å². The van der Waals surface area contributed by atoms with Crippen molar-refractivity contribution in [2.45, 2.75) is 240 Å². The van der Waals surface area contributed by atoms with Crippen molar-refractivity contribution in [1.29, 1.82) is 0 Å². The van der Waals surface area contributed by atoms with E-state index in [1.165, 1.54) is 180 Å². The Morgan fingerprint density at radius 3 is 2.27 bits per heavy atom. The molecule has 0 aromatic heterocycles. The molecule has 0 heterocycles. The topological polar surface area (TPSA) is 0 Å². The summed E-state index contributed by atoms with van der Waals surface area (Å²) in [6, 6.07) is 0. The number of fused-ring (bicyclic) bond motifs is 18. The number of hydrogen-bond acceptors (Lipinski definition) is 0. The molecule has 0 aromatic carbocycles. The van der Waals surface area contributed by atoms with Gasteiger partial charge in [-0.3, -0.25) is 0 Å². The summed E-state index contributed by atoms with van der Waals surface area (Å²) in [4.78, 5) is 0. The van der Waals surface area contributed by atoms with Gasteiger partial charge >= 0.3 is 0 Å². The van der Waals surface area contributed by atoms with E-state index in [1.54, 1.807) is 24.8 Å². The van der Waals surface area contributed by atoms with Gasteiger partial charge in [-0.1, -0.05) is 142 Å². The maximum Gasteiger partial charge on any atom is 0.0117 e. The van der Waals surface area contributed by atoms with E-state index in [9.17, 15) is 0 Å². The van der Waals surface area contributed by atoms with Crippen LogP contribution in [-0.4, -0.2) is 0 Å². The van der Waals surface area contributed by atoms with E-state index >= 15 is 0 Å². The smallest absolute Gasteiger partial charge is 0.0117 e. The first-order valence-corrected chi connectivity index (χ1v) is 29.0. The Morgan fingerprint density at radius 1 is 0.683 bits per heavy atom. The highest BCUT2D eigenvalue weighted by Gasteiger charge is 2.50. The molecule has 354 valence electrons. The lowest BCUT2D eigenvalue weighted by Gasteiger charge is -2.55. The molecule has 15 atom stereocenters. The van der Waals surface area contributed by atoms with Gasteiger partial charge in [0.2, 0.25) is 0 Å². The maximum absolute atomic E-state index is 6.43. The van der Waals surface area contributed by atoms with Gasteiger partial charge in [0.15, 0.2) is 0 Å². The van der Waals surface area contributed by atoms with E-state index in [0.717, 1.165) is 89.3 Å². The van der Waals surface area contributed by atoms with Crippen molar-refractivity contribution < 1.29 is 0 Å². The lowest BCUT2D eigenvalue weighted by Crippen LogP contribution is -2.47. The predicted octanol–water partition coefficient (Wildman–Crippen LogP) is 19.0. The van der Waals surface area contributed by atoms with E-state index in [2.05, 4.69) is 76.7 Å². The summed E-state index contributed by atoms with van der Waals surface area (Å²) in [5, 5.41) is 0. The van der Waals surface area contributed by atoms with Gasteiger partial charge in [-0.05, 0) is 228 Å². The van der Waals surface area contributed by atoms with Gasteiger partial charge < -0.3 is 0 Å². The zero-order valence-electron chi connectivity index (χ0n) is 42.4. The zero-order chi connectivity index (χ0) is 44.0. The number of terminal acetylenes is 1. The summed E-state index contributed by atoms with van der Waals surface area (Å²) in [5.41, 5.74) is 5.90. The van der Waals surface area contributed by atoms with Gasteiger partial charge in [-0.25, -0.2) is 0 Å². The van der Waals surface area contributed by atoms with E-state index in [-0.39, 0.29) is 0 Å². The van der Waals surface area contributed by atoms with Crippen LogP contribution in [-0.2, 0) is 0 Å². The van der Waals surface area contributed by atoms with Crippen molar-refractivity contribution in [2.75, 3.05) is 0 Å². The van der Waals surface area contributed by atoms with Crippen molar-refractivity contribution in [3.8, 4) is 12.3 Å². The van der Waals surface area contributed by atoms with Gasteiger partial charge in [-0.2, -0.15) is 0 Å². The van der Waals surface area contributed by atoms with Crippen LogP contribution in [0.25, 0.3) is 0 Å². The molecule has 9 aliphatic rings. The highest BCUT2D eigenvalue weighted by molar-refractivity contribution is 5.17. The Balaban J connectivity index is 1.17. The molecule has 4 fully saturated rings. The molecule has 0 aliphatic heterocycles. The van der Waals surface area contributed by atoms with Gasteiger partial charge in [0.05, 0.1) is 0 Å². The fourth-order valence-corrected chi connectivity index (χ4v) is 16.1. The first kappa shape index (κ1) is 49.5. The molecule has 0 radical (unpaired) electrons. The number of unbranched alkanes of at least 4 members (excludes halogenated alkanes) is 1. The molecule has 0 spiro atoms. The molecule has 9 aliphatic carbocycles. The average molecular weight is 860 g/mol. The minimum atomic E-state index is 0.631. The van der Waals surface area contributed by atoms with E-state index in [0.29, 0.717) is 17.8 Å². The summed E-state index contributed by atoms with van der Waals surface area (Å²) in [7, 11) is 0. The molecule has 10 bridgehead atoms. The quantitative estimate of drug-likeness (QED) is 0.130. The normalized spacial score (nSPS) is 41.6. The zero-order valence-corrected chi connectivity index (χ0v) is 42.4. The first-order valence-electron chi connectivity index (χ1n) is 29.0. The summed E-state index contributed by atoms with van der Waals surface area (Å²) in [6.07, 6.45) is 65.0. The third kappa shape index (κ3) is 14.8. The van der Waals surface area contributed by atoms with E-state index in [1.807, 2.05) is 0 Å². The Bertz CT molecular complexity index is 1490. The molecular formula is C63H102. The molecule has 0 amide bonds. The molecule has 4 saturated carbocycles. The molecule has 0 heteroatoms. The van der Waals surface area contributed by atoms with Crippen LogP contribution in [0, 0.1) is 113 Å². The molecule has 0 nitrogen and oxygen atoms in total. The van der Waals surface area contributed by atoms with Crippen LogP contribution in [0.3, 0.4) is 0 Å². The number of rotatable bonds is 8. The van der Waals surface area contributed by atoms with E-state index in [4.69, 9.17) is 6.42 Å². The lowest BCUT2D eigenvalue weighted by atomic mass is 9.50. The molecule has 0 N–H and O–H groups in total. The minimum Gasteiger partial charge on any atom is -0.129 e. The highest BCUT2D eigenvalue weighted by atomic mass is 14.5. The van der Waals surface area contributed by atoms with Crippen LogP contribution in [0.2, 0.25) is 0 Å². The molecule has 63 heavy (non-hydrogen) atoms. The fraction of sp³-hybridized carbons (Fsp3) is 0.857. The highest BCUT2D eigenvalue weighted by Crippen LogP contribution is 2.59. The number of hydrogen-bond donors (Lipinski definition) is 0. The van der Waals surface area contributed by atoms with Gasteiger partial charge in [-0.15, -0.1) is 18.1 Å². The Kier molecular flexibility index (Phi) is 20.1. The second-order valence-corrected chi connectivity index (χ2v) is 25.1. The van der Waals surface area contributed by atoms with Crippen LogP contribution in [0.5, 0.6) is 0 Å². The average Bonchev–Trinajstić information content (AvgIpc) is 3.24. The SMILES string of the molecule is C#CCC1CCC(CC(C)CCCC)CC(C)C2CC3C=C=CC(CC1CCC1CC2C2CC1C2)C(CC1C=CCCCC2=CC(C2)CC(C)CCCCCCCC1)CCCC3C. The standard InChI is InChI=1S/C63H102/c1-7-9-22-46(3)35-52-31-32-54(21-8-2)58-33-34-59-45-63(61-42-60(59)43-61)62(49(6)37-52)44-55-28-20-30-57(41-58)56(29-19-24-48(55)5)40-50-25-16-13-11-10-12-15-23-47(4)36-53-38-51(39-53)27-18-14-17-26-50/h2,17,26,28,30,38,46-50,52-63H,7,9-16,18-19,21-25,27,29,31-37,39-45H2,1,3-6H3. The lowest BCUT2D eigenvalue weighted by molar-refractivity contribution is -0.0558. The van der Waals surface area contributed by atoms with Gasteiger partial charge in [0.1, 0.15) is 0 Å². The van der Waals surface area contributed by atoms with Crippen molar-refractivity contribution in [3.63, 3.8) is 0 Å². The largest absolute Gasteiger partial charge is 0.129 e. The summed E-state index contributed by atoms with van der Waals surface area (Å²) >= 11 is 0. The second-order valence-electron chi connectivity index (χ2n) is 25.1. The van der Waals surface area contributed by atoms with Crippen LogP contribution in [0.4, 0.5) is 0 Å². The molecule has 15 unspecified atom stereocenters. The molecule has 0 saturated heterocycles. The van der Waals surface area contributed by atoms with Crippen LogP contribution < -0.4 is 0 Å². The van der Waals surface area contributed by atoms with Gasteiger partial charge in [0.25, 0.3) is 0 Å². The Hall–Kier alpha value is -1.44. The summed E-state index contributed by atoms with van der Waals surface area (Å²) < 4.78 is 0. The maximum atomic E-state index is 6.43.